The molecule has 6 heteroatoms. The lowest BCUT2D eigenvalue weighted by Gasteiger charge is -2.20. The van der Waals surface area contributed by atoms with Gasteiger partial charge in [0, 0.05) is 17.5 Å². The average Bonchev–Trinajstić information content (AvgIpc) is 2.67. The maximum Gasteiger partial charge on any atom is 0.270 e. The molecule has 2 amide bonds. The van der Waals surface area contributed by atoms with Crippen molar-refractivity contribution in [3.05, 3.63) is 70.5 Å². The summed E-state index contributed by atoms with van der Waals surface area (Å²) < 4.78 is 0. The Labute approximate surface area is 161 Å². The molecule has 0 bridgehead atoms. The zero-order valence-corrected chi connectivity index (χ0v) is 15.5. The third-order valence-electron chi connectivity index (χ3n) is 4.80. The van der Waals surface area contributed by atoms with Gasteiger partial charge in [0.15, 0.2) is 0 Å². The maximum atomic E-state index is 12.7. The van der Waals surface area contributed by atoms with Gasteiger partial charge < -0.3 is 10.6 Å². The van der Waals surface area contributed by atoms with E-state index in [1.54, 1.807) is 6.07 Å². The van der Waals surface area contributed by atoms with Crippen molar-refractivity contribution < 1.29 is 9.59 Å². The number of rotatable bonds is 3. The van der Waals surface area contributed by atoms with E-state index in [1.165, 1.54) is 0 Å². The molecule has 2 heterocycles. The van der Waals surface area contributed by atoms with Crippen LogP contribution < -0.4 is 10.6 Å². The standard InChI is InChI=1S/C21H18ClN3O2/c1-12(13-6-8-17-15(10-13)7-9-19(26)24-17)23-21(27)18-11-14-4-2-3-5-16(14)20(22)25-18/h2-6,8,10-12H,7,9H2,1H3,(H,23,27)(H,24,26). The van der Waals surface area contributed by atoms with E-state index in [2.05, 4.69) is 15.6 Å². The summed E-state index contributed by atoms with van der Waals surface area (Å²) in [6.07, 6.45) is 1.19. The highest BCUT2D eigenvalue weighted by atomic mass is 35.5. The second-order valence-electron chi connectivity index (χ2n) is 6.68. The van der Waals surface area contributed by atoms with Crippen LogP contribution in [-0.2, 0) is 11.2 Å². The minimum Gasteiger partial charge on any atom is -0.344 e. The number of anilines is 1. The third kappa shape index (κ3) is 3.51. The molecule has 136 valence electrons. The molecule has 1 atom stereocenters. The quantitative estimate of drug-likeness (QED) is 0.668. The van der Waals surface area contributed by atoms with Crippen molar-refractivity contribution in [1.82, 2.24) is 10.3 Å². The van der Waals surface area contributed by atoms with Gasteiger partial charge in [0.1, 0.15) is 10.8 Å². The van der Waals surface area contributed by atoms with Gasteiger partial charge in [-0.05, 0) is 42.0 Å². The highest BCUT2D eigenvalue weighted by molar-refractivity contribution is 6.34. The summed E-state index contributed by atoms with van der Waals surface area (Å²) in [6.45, 7) is 1.92. The molecule has 0 fully saturated rings. The predicted molar refractivity (Wildman–Crippen MR) is 106 cm³/mol. The van der Waals surface area contributed by atoms with Crippen molar-refractivity contribution >= 4 is 39.9 Å². The van der Waals surface area contributed by atoms with Gasteiger partial charge in [-0.1, -0.05) is 48.0 Å². The Hall–Kier alpha value is -2.92. The Balaban J connectivity index is 1.55. The maximum absolute atomic E-state index is 12.7. The van der Waals surface area contributed by atoms with E-state index in [9.17, 15) is 9.59 Å². The first-order chi connectivity index (χ1) is 13.0. The molecular weight excluding hydrogens is 362 g/mol. The van der Waals surface area contributed by atoms with Crippen LogP contribution in [0.2, 0.25) is 5.15 Å². The largest absolute Gasteiger partial charge is 0.344 e. The van der Waals surface area contributed by atoms with E-state index in [-0.39, 0.29) is 23.6 Å². The number of hydrogen-bond acceptors (Lipinski definition) is 3. The number of nitrogens with zero attached hydrogens (tertiary/aromatic N) is 1. The van der Waals surface area contributed by atoms with E-state index in [0.717, 1.165) is 27.6 Å². The molecule has 2 aromatic carbocycles. The Morgan fingerprint density at radius 2 is 2.00 bits per heavy atom. The van der Waals surface area contributed by atoms with Crippen LogP contribution in [0.3, 0.4) is 0 Å². The molecule has 1 aromatic heterocycles. The lowest BCUT2D eigenvalue weighted by Crippen LogP contribution is -2.28. The van der Waals surface area contributed by atoms with Gasteiger partial charge in [0.2, 0.25) is 5.91 Å². The topological polar surface area (TPSA) is 71.1 Å². The highest BCUT2D eigenvalue weighted by Gasteiger charge is 2.18. The molecule has 0 saturated heterocycles. The summed E-state index contributed by atoms with van der Waals surface area (Å²) in [5.41, 5.74) is 3.19. The lowest BCUT2D eigenvalue weighted by atomic mass is 9.97. The Bertz CT molecular complexity index is 1060. The first-order valence-corrected chi connectivity index (χ1v) is 9.18. The molecule has 0 radical (unpaired) electrons. The monoisotopic (exact) mass is 379 g/mol. The van der Waals surface area contributed by atoms with Crippen LogP contribution >= 0.6 is 11.6 Å². The van der Waals surface area contributed by atoms with Gasteiger partial charge in [-0.15, -0.1) is 0 Å². The fourth-order valence-electron chi connectivity index (χ4n) is 3.30. The Morgan fingerprint density at radius 1 is 1.19 bits per heavy atom. The number of aromatic nitrogens is 1. The SMILES string of the molecule is CC(NC(=O)c1cc2ccccc2c(Cl)n1)c1ccc2c(c1)CCC(=O)N2. The number of pyridine rings is 1. The number of carbonyl (C=O) groups excluding carboxylic acids is 2. The molecule has 1 unspecified atom stereocenters. The number of hydrogen-bond donors (Lipinski definition) is 2. The van der Waals surface area contributed by atoms with Crippen LogP contribution in [0, 0.1) is 0 Å². The molecule has 0 aliphatic carbocycles. The molecular formula is C21H18ClN3O2. The zero-order valence-electron chi connectivity index (χ0n) is 14.8. The Morgan fingerprint density at radius 3 is 2.85 bits per heavy atom. The number of benzene rings is 2. The fourth-order valence-corrected chi connectivity index (χ4v) is 3.56. The van der Waals surface area contributed by atoms with E-state index in [0.29, 0.717) is 18.0 Å². The summed E-state index contributed by atoms with van der Waals surface area (Å²) in [6, 6.07) is 14.9. The number of amides is 2. The highest BCUT2D eigenvalue weighted by Crippen LogP contribution is 2.27. The molecule has 27 heavy (non-hydrogen) atoms. The molecule has 1 aliphatic heterocycles. The minimum absolute atomic E-state index is 0.0378. The molecule has 1 aliphatic rings. The third-order valence-corrected chi connectivity index (χ3v) is 5.09. The minimum atomic E-state index is -0.277. The lowest BCUT2D eigenvalue weighted by molar-refractivity contribution is -0.116. The van der Waals surface area contributed by atoms with Crippen molar-refractivity contribution in [1.29, 1.82) is 0 Å². The van der Waals surface area contributed by atoms with Gasteiger partial charge >= 0.3 is 0 Å². The van der Waals surface area contributed by atoms with Crippen LogP contribution in [0.4, 0.5) is 5.69 Å². The van der Waals surface area contributed by atoms with Crippen molar-refractivity contribution in [3.63, 3.8) is 0 Å². The van der Waals surface area contributed by atoms with E-state index in [4.69, 9.17) is 11.6 Å². The van der Waals surface area contributed by atoms with Crippen LogP contribution in [0.5, 0.6) is 0 Å². The number of aryl methyl sites for hydroxylation is 1. The van der Waals surface area contributed by atoms with Crippen LogP contribution in [0.25, 0.3) is 10.8 Å². The van der Waals surface area contributed by atoms with Crippen molar-refractivity contribution in [2.75, 3.05) is 5.32 Å². The molecule has 3 aromatic rings. The second kappa shape index (κ2) is 7.00. The smallest absolute Gasteiger partial charge is 0.270 e. The van der Waals surface area contributed by atoms with E-state index < -0.39 is 0 Å². The fraction of sp³-hybridized carbons (Fsp3) is 0.190. The zero-order chi connectivity index (χ0) is 19.0. The van der Waals surface area contributed by atoms with Gasteiger partial charge in [0.05, 0.1) is 6.04 Å². The van der Waals surface area contributed by atoms with E-state index >= 15 is 0 Å². The number of halogens is 1. The van der Waals surface area contributed by atoms with Crippen molar-refractivity contribution in [3.8, 4) is 0 Å². The second-order valence-corrected chi connectivity index (χ2v) is 7.04. The van der Waals surface area contributed by atoms with Gasteiger partial charge in [-0.3, -0.25) is 9.59 Å². The summed E-state index contributed by atoms with van der Waals surface area (Å²) in [5, 5.41) is 7.85. The van der Waals surface area contributed by atoms with Crippen LogP contribution in [0.15, 0.2) is 48.5 Å². The molecule has 0 saturated carbocycles. The normalized spacial score (nSPS) is 14.4. The summed E-state index contributed by atoms with van der Waals surface area (Å²) >= 11 is 6.23. The van der Waals surface area contributed by atoms with Gasteiger partial charge in [-0.2, -0.15) is 0 Å². The summed E-state index contributed by atoms with van der Waals surface area (Å²) in [7, 11) is 0. The van der Waals surface area contributed by atoms with Crippen molar-refractivity contribution in [2.24, 2.45) is 0 Å². The van der Waals surface area contributed by atoms with Crippen LogP contribution in [-0.4, -0.2) is 16.8 Å². The average molecular weight is 380 g/mol. The number of nitrogens with one attached hydrogen (secondary N) is 2. The number of carbonyl (C=O) groups is 2. The van der Waals surface area contributed by atoms with E-state index in [1.807, 2.05) is 49.4 Å². The summed E-state index contributed by atoms with van der Waals surface area (Å²) in [5.74, 6) is -0.239. The predicted octanol–water partition coefficient (Wildman–Crippen LogP) is 4.26. The number of fused-ring (bicyclic) bond motifs is 2. The first kappa shape index (κ1) is 17.5. The Kier molecular flexibility index (Phi) is 4.54. The first-order valence-electron chi connectivity index (χ1n) is 8.80. The molecule has 5 nitrogen and oxygen atoms in total. The summed E-state index contributed by atoms with van der Waals surface area (Å²) in [4.78, 5) is 28.4. The van der Waals surface area contributed by atoms with Crippen molar-refractivity contribution in [2.45, 2.75) is 25.8 Å². The van der Waals surface area contributed by atoms with Gasteiger partial charge in [-0.25, -0.2) is 4.98 Å². The molecule has 0 spiro atoms. The molecule has 2 N–H and O–H groups in total. The van der Waals surface area contributed by atoms with Gasteiger partial charge in [0.25, 0.3) is 5.91 Å². The van der Waals surface area contributed by atoms with Crippen LogP contribution in [0.1, 0.15) is 41.0 Å². The molecule has 4 rings (SSSR count).